The monoisotopic (exact) mass is 477 g/mol. The van der Waals surface area contributed by atoms with Gasteiger partial charge in [-0.15, -0.1) is 37.9 Å². The molecule has 4 aromatic rings. The molecule has 0 aliphatic rings. The van der Waals surface area contributed by atoms with Crippen LogP contribution in [0.5, 0.6) is 0 Å². The number of aryl methyl sites for hydroxylation is 2. The number of carbonyl (C=O) groups is 1. The van der Waals surface area contributed by atoms with Crippen molar-refractivity contribution >= 4 is 60.1 Å². The van der Waals surface area contributed by atoms with E-state index >= 15 is 0 Å². The third-order valence-corrected chi connectivity index (χ3v) is 6.53. The molecule has 0 aliphatic heterocycles. The first-order chi connectivity index (χ1) is 15.3. The maximum Gasteiger partial charge on any atom is 0.193 e. The Kier molecular flexibility index (Phi) is 8.35. The number of ketones is 1. The Morgan fingerprint density at radius 3 is 2.25 bits per heavy atom. The van der Waals surface area contributed by atoms with Gasteiger partial charge in [-0.2, -0.15) is 0 Å². The second kappa shape index (κ2) is 11.0. The van der Waals surface area contributed by atoms with Crippen molar-refractivity contribution in [2.24, 2.45) is 0 Å². The summed E-state index contributed by atoms with van der Waals surface area (Å²) in [5.74, 6) is 0.0379. The van der Waals surface area contributed by atoms with E-state index in [0.29, 0.717) is 11.1 Å². The predicted octanol–water partition coefficient (Wildman–Crippen LogP) is 7.47. The lowest BCUT2D eigenvalue weighted by atomic mass is 10.0. The number of hydrogen-bond donors (Lipinski definition) is 4. The van der Waals surface area contributed by atoms with Crippen molar-refractivity contribution in [3.63, 3.8) is 0 Å². The van der Waals surface area contributed by atoms with Crippen LogP contribution in [0, 0.1) is 6.92 Å². The lowest BCUT2D eigenvalue weighted by Gasteiger charge is -2.11. The molecule has 4 aromatic carbocycles. The fourth-order valence-electron chi connectivity index (χ4n) is 3.44. The molecule has 2 N–H and O–H groups in total. The van der Waals surface area contributed by atoms with Crippen molar-refractivity contribution in [3.8, 4) is 0 Å². The summed E-state index contributed by atoms with van der Waals surface area (Å²) in [6, 6.07) is 23.0. The van der Waals surface area contributed by atoms with Gasteiger partial charge in [-0.05, 0) is 54.1 Å². The second-order valence-electron chi connectivity index (χ2n) is 7.65. The zero-order valence-corrected chi connectivity index (χ0v) is 20.9. The third-order valence-electron chi connectivity index (χ3n) is 5.24. The Morgan fingerprint density at radius 1 is 0.875 bits per heavy atom. The molecule has 164 valence electrons. The molecule has 0 radical (unpaired) electrons. The van der Waals surface area contributed by atoms with Gasteiger partial charge in [0, 0.05) is 31.2 Å². The van der Waals surface area contributed by atoms with E-state index in [1.165, 1.54) is 5.56 Å². The second-order valence-corrected chi connectivity index (χ2v) is 9.10. The molecule has 5 heteroatoms. The maximum atomic E-state index is 12.1. The number of thiol groups is 3. The van der Waals surface area contributed by atoms with Crippen molar-refractivity contribution in [2.45, 2.75) is 41.4 Å². The normalized spacial score (nSPS) is 10.5. The molecule has 0 fully saturated rings. The highest BCUT2D eigenvalue weighted by Crippen LogP contribution is 2.32. The number of hydrogen-bond acceptors (Lipinski definition) is 5. The van der Waals surface area contributed by atoms with Gasteiger partial charge >= 0.3 is 0 Å². The Hall–Kier alpha value is -2.34. The van der Waals surface area contributed by atoms with Crippen LogP contribution in [0.15, 0.2) is 87.5 Å². The van der Waals surface area contributed by atoms with E-state index in [4.69, 9.17) is 5.73 Å². The number of benzene rings is 4. The summed E-state index contributed by atoms with van der Waals surface area (Å²) < 4.78 is 0. The molecule has 2 nitrogen and oxygen atoms in total. The van der Waals surface area contributed by atoms with Gasteiger partial charge in [-0.1, -0.05) is 61.9 Å². The van der Waals surface area contributed by atoms with Gasteiger partial charge in [0.15, 0.2) is 5.78 Å². The van der Waals surface area contributed by atoms with E-state index in [1.807, 2.05) is 73.7 Å². The average Bonchev–Trinajstić information content (AvgIpc) is 2.79. The molecule has 0 saturated carbocycles. The molecular formula is C27H27NOS3. The number of rotatable bonds is 4. The minimum atomic E-state index is 0.0379. The summed E-state index contributed by atoms with van der Waals surface area (Å²) in [6.07, 6.45) is 2.11. The standard InChI is InChI=1S/C14H12OS.C13H15NS2/c1-10-7-8-12(9-13(10)16)14(15)11-5-3-2-4-6-11;1-2-3-8-6-9-7-10(15)4-5-11(9)12(14)13(8)16/h2-9,16H,1H3;4-7,15-16H,2-3,14H2,1H3. The topological polar surface area (TPSA) is 43.1 Å². The number of fused-ring (bicyclic) bond motifs is 1. The molecule has 0 bridgehead atoms. The largest absolute Gasteiger partial charge is 0.397 e. The number of nitrogens with two attached hydrogens (primary N) is 1. The lowest BCUT2D eigenvalue weighted by Crippen LogP contribution is -2.01. The molecule has 0 aliphatic carbocycles. The first-order valence-electron chi connectivity index (χ1n) is 10.4. The zero-order valence-electron chi connectivity index (χ0n) is 18.2. The van der Waals surface area contributed by atoms with Crippen molar-refractivity contribution in [3.05, 3.63) is 95.1 Å². The molecule has 0 aromatic heterocycles. The molecular weight excluding hydrogens is 451 g/mol. The van der Waals surface area contributed by atoms with E-state index < -0.39 is 0 Å². The van der Waals surface area contributed by atoms with Gasteiger partial charge < -0.3 is 5.73 Å². The Balaban J connectivity index is 0.000000181. The SMILES string of the molecule is CCCc1cc2cc(S)ccc2c(N)c1S.Cc1ccc(C(=O)c2ccccc2)cc1S. The van der Waals surface area contributed by atoms with E-state index in [1.54, 1.807) is 0 Å². The zero-order chi connectivity index (χ0) is 23.3. The maximum absolute atomic E-state index is 12.1. The number of carbonyl (C=O) groups excluding carboxylic acids is 1. The van der Waals surface area contributed by atoms with Gasteiger partial charge in [0.25, 0.3) is 0 Å². The van der Waals surface area contributed by atoms with Crippen LogP contribution in [0.4, 0.5) is 5.69 Å². The van der Waals surface area contributed by atoms with E-state index in [0.717, 1.165) is 49.6 Å². The molecule has 0 spiro atoms. The van der Waals surface area contributed by atoms with E-state index in [-0.39, 0.29) is 5.78 Å². The minimum Gasteiger partial charge on any atom is -0.397 e. The summed E-state index contributed by atoms with van der Waals surface area (Å²) in [5.41, 5.74) is 10.6. The lowest BCUT2D eigenvalue weighted by molar-refractivity contribution is 0.103. The van der Waals surface area contributed by atoms with Crippen molar-refractivity contribution in [2.75, 3.05) is 5.73 Å². The Labute approximate surface area is 206 Å². The summed E-state index contributed by atoms with van der Waals surface area (Å²) in [6.45, 7) is 4.13. The number of nitrogen functional groups attached to an aromatic ring is 1. The van der Waals surface area contributed by atoms with Crippen LogP contribution in [-0.2, 0) is 6.42 Å². The van der Waals surface area contributed by atoms with Crippen LogP contribution >= 0.6 is 37.9 Å². The van der Waals surface area contributed by atoms with Crippen LogP contribution in [-0.4, -0.2) is 5.78 Å². The van der Waals surface area contributed by atoms with E-state index in [2.05, 4.69) is 50.9 Å². The van der Waals surface area contributed by atoms with Gasteiger partial charge in [-0.25, -0.2) is 0 Å². The highest BCUT2D eigenvalue weighted by Gasteiger charge is 2.09. The molecule has 4 rings (SSSR count). The fourth-order valence-corrected chi connectivity index (χ4v) is 4.16. The summed E-state index contributed by atoms with van der Waals surface area (Å²) >= 11 is 13.2. The van der Waals surface area contributed by atoms with Crippen molar-refractivity contribution < 1.29 is 4.79 Å². The van der Waals surface area contributed by atoms with Crippen molar-refractivity contribution in [1.29, 1.82) is 0 Å². The van der Waals surface area contributed by atoms with Crippen LogP contribution in [0.2, 0.25) is 0 Å². The summed E-state index contributed by atoms with van der Waals surface area (Å²) in [5, 5.41) is 2.20. The minimum absolute atomic E-state index is 0.0379. The van der Waals surface area contributed by atoms with Crippen LogP contribution in [0.25, 0.3) is 10.8 Å². The first-order valence-corrected chi connectivity index (χ1v) is 11.8. The average molecular weight is 478 g/mol. The first kappa shape index (κ1) is 24.3. The summed E-state index contributed by atoms with van der Waals surface area (Å²) in [7, 11) is 0. The highest BCUT2D eigenvalue weighted by molar-refractivity contribution is 7.80. The fraction of sp³-hybridized carbons (Fsp3) is 0.148. The van der Waals surface area contributed by atoms with Crippen LogP contribution in [0.3, 0.4) is 0 Å². The summed E-state index contributed by atoms with van der Waals surface area (Å²) in [4.78, 5) is 14.8. The van der Waals surface area contributed by atoms with Gasteiger partial charge in [0.05, 0.1) is 5.69 Å². The predicted molar refractivity (Wildman–Crippen MR) is 145 cm³/mol. The highest BCUT2D eigenvalue weighted by atomic mass is 32.1. The number of anilines is 1. The molecule has 0 unspecified atom stereocenters. The molecule has 0 atom stereocenters. The van der Waals surface area contributed by atoms with Gasteiger partial charge in [-0.3, -0.25) is 4.79 Å². The Bertz CT molecular complexity index is 1250. The van der Waals surface area contributed by atoms with Gasteiger partial charge in [0.1, 0.15) is 0 Å². The van der Waals surface area contributed by atoms with Crippen molar-refractivity contribution in [1.82, 2.24) is 0 Å². The third kappa shape index (κ3) is 5.71. The Morgan fingerprint density at radius 2 is 1.59 bits per heavy atom. The smallest absolute Gasteiger partial charge is 0.193 e. The molecule has 0 amide bonds. The van der Waals surface area contributed by atoms with Crippen LogP contribution < -0.4 is 5.73 Å². The van der Waals surface area contributed by atoms with Crippen LogP contribution in [0.1, 0.15) is 40.4 Å². The molecule has 0 heterocycles. The molecule has 0 saturated heterocycles. The quantitative estimate of drug-likeness (QED) is 0.140. The van der Waals surface area contributed by atoms with E-state index in [9.17, 15) is 4.79 Å². The molecule has 32 heavy (non-hydrogen) atoms. The van der Waals surface area contributed by atoms with Gasteiger partial charge in [0.2, 0.25) is 0 Å².